The number of hydrogen-bond acceptors (Lipinski definition) is 5. The van der Waals surface area contributed by atoms with Gasteiger partial charge in [-0.15, -0.1) is 0 Å². The second-order valence-corrected chi connectivity index (χ2v) is 8.09. The van der Waals surface area contributed by atoms with E-state index in [2.05, 4.69) is 0 Å². The van der Waals surface area contributed by atoms with Crippen LogP contribution in [0.3, 0.4) is 0 Å². The number of halogens is 5. The maximum atomic E-state index is 13.8. The van der Waals surface area contributed by atoms with Crippen molar-refractivity contribution >= 4 is 17.8 Å². The van der Waals surface area contributed by atoms with Crippen molar-refractivity contribution < 1.29 is 45.8 Å². The van der Waals surface area contributed by atoms with Crippen molar-refractivity contribution in [3.05, 3.63) is 64.5 Å². The van der Waals surface area contributed by atoms with Crippen LogP contribution in [-0.2, 0) is 20.7 Å². The average molecular weight is 513 g/mol. The van der Waals surface area contributed by atoms with E-state index >= 15 is 0 Å². The molecule has 0 N–H and O–H groups in total. The first-order valence-electron chi connectivity index (χ1n) is 11.0. The van der Waals surface area contributed by atoms with Crippen LogP contribution in [0.2, 0.25) is 0 Å². The second-order valence-electron chi connectivity index (χ2n) is 8.09. The molecule has 1 saturated heterocycles. The Morgan fingerprint density at radius 1 is 1.06 bits per heavy atom. The summed E-state index contributed by atoms with van der Waals surface area (Å²) in [7, 11) is 1.48. The Balaban J connectivity index is 1.62. The molecule has 0 saturated carbocycles. The Hall–Kier alpha value is -3.47. The van der Waals surface area contributed by atoms with Crippen molar-refractivity contribution in [3.63, 3.8) is 0 Å². The molecule has 36 heavy (non-hydrogen) atoms. The SMILES string of the molecule is COc1cc(CCC(C)=O)ccc1OCC1CN(C(=O)C=Cc2c(F)c(F)c(F)c(F)c2F)CCO1. The minimum absolute atomic E-state index is 0.0499. The van der Waals surface area contributed by atoms with Gasteiger partial charge in [-0.05, 0) is 37.1 Å². The molecule has 6 nitrogen and oxygen atoms in total. The number of carbonyl (C=O) groups excluding carboxylic acids is 2. The third-order valence-electron chi connectivity index (χ3n) is 5.51. The molecule has 1 unspecified atom stereocenters. The second kappa shape index (κ2) is 12.0. The number of ether oxygens (including phenoxy) is 3. The van der Waals surface area contributed by atoms with E-state index in [1.807, 2.05) is 6.07 Å². The molecular formula is C25H24F5NO5. The van der Waals surface area contributed by atoms with Crippen LogP contribution in [0.1, 0.15) is 24.5 Å². The molecule has 1 aliphatic heterocycles. The van der Waals surface area contributed by atoms with E-state index in [-0.39, 0.29) is 32.1 Å². The molecule has 2 aromatic rings. The summed E-state index contributed by atoms with van der Waals surface area (Å²) in [6.07, 6.45) is 1.71. The van der Waals surface area contributed by atoms with Crippen molar-refractivity contribution in [2.45, 2.75) is 25.9 Å². The summed E-state index contributed by atoms with van der Waals surface area (Å²) in [5.41, 5.74) is -0.299. The Morgan fingerprint density at radius 2 is 1.72 bits per heavy atom. The maximum Gasteiger partial charge on any atom is 0.246 e. The number of carbonyl (C=O) groups is 2. The minimum atomic E-state index is -2.27. The maximum absolute atomic E-state index is 13.8. The lowest BCUT2D eigenvalue weighted by atomic mass is 10.1. The van der Waals surface area contributed by atoms with Crippen LogP contribution in [0.4, 0.5) is 22.0 Å². The van der Waals surface area contributed by atoms with Gasteiger partial charge in [-0.25, -0.2) is 22.0 Å². The van der Waals surface area contributed by atoms with Crippen molar-refractivity contribution in [2.24, 2.45) is 0 Å². The first-order valence-corrected chi connectivity index (χ1v) is 11.0. The first-order chi connectivity index (χ1) is 17.1. The average Bonchev–Trinajstić information content (AvgIpc) is 2.88. The fourth-order valence-electron chi connectivity index (χ4n) is 3.54. The number of amides is 1. The Bertz CT molecular complexity index is 1140. The van der Waals surface area contributed by atoms with E-state index in [9.17, 15) is 31.5 Å². The number of nitrogens with zero attached hydrogens (tertiary/aromatic N) is 1. The number of rotatable bonds is 9. The predicted molar refractivity (Wildman–Crippen MR) is 119 cm³/mol. The van der Waals surface area contributed by atoms with Gasteiger partial charge in [0.1, 0.15) is 18.5 Å². The molecule has 1 aliphatic rings. The normalized spacial score (nSPS) is 15.9. The van der Waals surface area contributed by atoms with Crippen molar-refractivity contribution in [3.8, 4) is 11.5 Å². The number of hydrogen-bond donors (Lipinski definition) is 0. The monoisotopic (exact) mass is 513 g/mol. The Labute approximate surface area is 204 Å². The van der Waals surface area contributed by atoms with Crippen molar-refractivity contribution in [1.82, 2.24) is 4.90 Å². The highest BCUT2D eigenvalue weighted by Gasteiger charge is 2.26. The van der Waals surface area contributed by atoms with Gasteiger partial charge < -0.3 is 23.9 Å². The van der Waals surface area contributed by atoms with Gasteiger partial charge in [0.25, 0.3) is 0 Å². The summed E-state index contributed by atoms with van der Waals surface area (Å²) < 4.78 is 84.3. The van der Waals surface area contributed by atoms with E-state index in [4.69, 9.17) is 14.2 Å². The highest BCUT2D eigenvalue weighted by Crippen LogP contribution is 2.29. The van der Waals surface area contributed by atoms with E-state index < -0.39 is 46.7 Å². The van der Waals surface area contributed by atoms with Gasteiger partial charge in [-0.1, -0.05) is 6.07 Å². The van der Waals surface area contributed by atoms with Crippen LogP contribution in [0.25, 0.3) is 6.08 Å². The van der Waals surface area contributed by atoms with E-state index in [0.717, 1.165) is 11.6 Å². The predicted octanol–water partition coefficient (Wildman–Crippen LogP) is 4.23. The lowest BCUT2D eigenvalue weighted by molar-refractivity contribution is -0.134. The highest BCUT2D eigenvalue weighted by molar-refractivity contribution is 5.92. The van der Waals surface area contributed by atoms with Gasteiger partial charge in [-0.2, -0.15) is 0 Å². The van der Waals surface area contributed by atoms with E-state index in [0.29, 0.717) is 30.4 Å². The topological polar surface area (TPSA) is 65.1 Å². The zero-order chi connectivity index (χ0) is 26.4. The van der Waals surface area contributed by atoms with Gasteiger partial charge in [0.05, 0.1) is 25.8 Å². The molecule has 0 bridgehead atoms. The number of methoxy groups -OCH3 is 1. The molecule has 194 valence electrons. The smallest absolute Gasteiger partial charge is 0.246 e. The summed E-state index contributed by atoms with van der Waals surface area (Å²) in [6, 6.07) is 5.27. The molecule has 0 aliphatic carbocycles. The number of ketones is 1. The molecule has 2 aromatic carbocycles. The lowest BCUT2D eigenvalue weighted by Crippen LogP contribution is -2.47. The summed E-state index contributed by atoms with van der Waals surface area (Å²) in [5.74, 6) is -10.2. The Kier molecular flexibility index (Phi) is 9.03. The van der Waals surface area contributed by atoms with Crippen LogP contribution in [0, 0.1) is 29.1 Å². The van der Waals surface area contributed by atoms with Crippen molar-refractivity contribution in [2.75, 3.05) is 33.4 Å². The summed E-state index contributed by atoms with van der Waals surface area (Å²) >= 11 is 0. The van der Waals surface area contributed by atoms with Crippen LogP contribution in [0.15, 0.2) is 24.3 Å². The third-order valence-corrected chi connectivity index (χ3v) is 5.51. The lowest BCUT2D eigenvalue weighted by Gasteiger charge is -2.32. The zero-order valence-corrected chi connectivity index (χ0v) is 19.6. The summed E-state index contributed by atoms with van der Waals surface area (Å²) in [4.78, 5) is 25.0. The van der Waals surface area contributed by atoms with Crippen molar-refractivity contribution in [1.29, 1.82) is 0 Å². The molecule has 1 atom stereocenters. The number of Topliss-reactive ketones (excluding diaryl/α,β-unsaturated/α-hetero) is 1. The fraction of sp³-hybridized carbons (Fsp3) is 0.360. The first kappa shape index (κ1) is 27.1. The molecule has 3 rings (SSSR count). The van der Waals surface area contributed by atoms with E-state index in [1.165, 1.54) is 18.9 Å². The number of morpholine rings is 1. The molecule has 0 radical (unpaired) electrons. The zero-order valence-electron chi connectivity index (χ0n) is 19.6. The summed E-state index contributed by atoms with van der Waals surface area (Å²) in [5, 5.41) is 0. The molecule has 0 spiro atoms. The van der Waals surface area contributed by atoms with Gasteiger partial charge in [0.15, 0.2) is 34.8 Å². The highest BCUT2D eigenvalue weighted by atomic mass is 19.2. The molecule has 11 heteroatoms. The third kappa shape index (κ3) is 6.39. The number of aryl methyl sites for hydroxylation is 1. The number of benzene rings is 2. The summed E-state index contributed by atoms with van der Waals surface area (Å²) in [6.45, 7) is 1.94. The van der Waals surface area contributed by atoms with Gasteiger partial charge in [-0.3, -0.25) is 4.79 Å². The molecule has 1 amide bonds. The minimum Gasteiger partial charge on any atom is -0.493 e. The fourth-order valence-corrected chi connectivity index (χ4v) is 3.54. The van der Waals surface area contributed by atoms with Crippen LogP contribution < -0.4 is 9.47 Å². The van der Waals surface area contributed by atoms with Crippen LogP contribution in [0.5, 0.6) is 11.5 Å². The van der Waals surface area contributed by atoms with Gasteiger partial charge >= 0.3 is 0 Å². The van der Waals surface area contributed by atoms with Gasteiger partial charge in [0.2, 0.25) is 11.7 Å². The van der Waals surface area contributed by atoms with Crippen LogP contribution in [-0.4, -0.2) is 56.1 Å². The molecule has 1 fully saturated rings. The van der Waals surface area contributed by atoms with Crippen LogP contribution >= 0.6 is 0 Å². The molecular weight excluding hydrogens is 489 g/mol. The van der Waals surface area contributed by atoms with E-state index in [1.54, 1.807) is 12.1 Å². The molecule has 1 heterocycles. The van der Waals surface area contributed by atoms with Gasteiger partial charge in [0, 0.05) is 19.0 Å². The standard InChI is InChI=1S/C25H24F5NO5/c1-14(32)3-4-15-5-7-18(19(11-15)34-2)36-13-16-12-31(9-10-35-16)20(33)8-6-17-21(26)23(28)25(30)24(29)22(17)27/h5-8,11,16H,3-4,9-10,12-13H2,1-2H3. The molecule has 0 aromatic heterocycles. The Morgan fingerprint density at radius 3 is 2.36 bits per heavy atom. The quantitative estimate of drug-likeness (QED) is 0.217. The largest absolute Gasteiger partial charge is 0.493 e.